The number of carbonyl (C=O) groups is 1. The number of hydrogen-bond donors (Lipinski definition) is 3. The summed E-state index contributed by atoms with van der Waals surface area (Å²) in [5, 5.41) is 9.89. The first-order chi connectivity index (χ1) is 72.4. The molecule has 14 rings (SSSR count). The zero-order valence-corrected chi connectivity index (χ0v) is 89.3. The zero-order valence-electron chi connectivity index (χ0n) is 88.4. The second-order valence-electron chi connectivity index (χ2n) is 39.1. The van der Waals surface area contributed by atoms with Crippen molar-refractivity contribution in [2.75, 3.05) is 57.8 Å². The molecule has 0 aliphatic carbocycles. The SMILES string of the molecule is CCCCCCCCOc1cccc(OCCCCCCCC)c1-c1c2nc(c(N(c3ccc(-c4ccc(OCCCCCC)cc4OCCCCCC)cc3)c3ccc(-c4ccc(OCCCCCC)cc4OCCCCCC)cc3)c3ccc([nH]3)c(-c3c(OCCCCCCCC)cccc3OCCCCCCCC)c3nc(c(C#Cc4c(F)c(F)c(-c5ccc(C(=O)O)cc5)c5nsnc45)c4ccc1[nH]4)C=C3)C=C2. The normalized spacial score (nSPS) is 11.6. The number of unbranched alkanes of at least 4 members (excludes halogenated alkanes) is 32. The highest BCUT2D eigenvalue weighted by Gasteiger charge is 2.30. The van der Waals surface area contributed by atoms with Gasteiger partial charge in [0.15, 0.2) is 11.6 Å². The fraction of sp³-hybridized carbons (Fsp3) is 0.441. The molecule has 2 aliphatic rings. The molecule has 0 fully saturated rings. The lowest BCUT2D eigenvalue weighted by molar-refractivity contribution is 0.0696. The van der Waals surface area contributed by atoms with Gasteiger partial charge in [-0.3, -0.25) is 0 Å². The Morgan fingerprint density at radius 3 is 1.05 bits per heavy atom. The third-order valence-electron chi connectivity index (χ3n) is 27.6. The van der Waals surface area contributed by atoms with E-state index in [1.54, 1.807) is 0 Å². The molecule has 2 aliphatic heterocycles. The van der Waals surface area contributed by atoms with E-state index in [2.05, 4.69) is 200 Å². The summed E-state index contributed by atoms with van der Waals surface area (Å²) in [5.74, 6) is 8.49. The topological polar surface area (TPSA) is 198 Å². The van der Waals surface area contributed by atoms with E-state index in [4.69, 9.17) is 47.9 Å². The molecule has 20 heteroatoms. The number of anilines is 3. The summed E-state index contributed by atoms with van der Waals surface area (Å²) >= 11 is 0.800. The maximum atomic E-state index is 17.8. The Morgan fingerprint density at radius 1 is 0.313 bits per heavy atom. The summed E-state index contributed by atoms with van der Waals surface area (Å²) < 4.78 is 100. The van der Waals surface area contributed by atoms with Gasteiger partial charge in [0, 0.05) is 62.4 Å². The van der Waals surface area contributed by atoms with Crippen LogP contribution in [0.2, 0.25) is 0 Å². The van der Waals surface area contributed by atoms with Crippen molar-refractivity contribution in [1.82, 2.24) is 28.7 Å². The van der Waals surface area contributed by atoms with Gasteiger partial charge in [-0.25, -0.2) is 23.5 Å². The van der Waals surface area contributed by atoms with E-state index in [1.165, 1.54) is 49.9 Å². The Bertz CT molecular complexity index is 6220. The van der Waals surface area contributed by atoms with Crippen molar-refractivity contribution in [3.63, 3.8) is 0 Å². The third-order valence-corrected chi connectivity index (χ3v) is 28.1. The second-order valence-corrected chi connectivity index (χ2v) is 39.6. The van der Waals surface area contributed by atoms with E-state index < -0.39 is 17.6 Å². The summed E-state index contributed by atoms with van der Waals surface area (Å²) in [6.07, 6.45) is 50.9. The maximum Gasteiger partial charge on any atom is 0.335 e. The zero-order chi connectivity index (χ0) is 103. The first kappa shape index (κ1) is 110. The molecule has 0 spiro atoms. The quantitative estimate of drug-likeness (QED) is 0.0240. The number of benzene rings is 8. The Hall–Kier alpha value is -12.7. The molecule has 12 aromatic rings. The predicted octanol–water partition coefficient (Wildman–Crippen LogP) is 36.6. The van der Waals surface area contributed by atoms with Crippen LogP contribution in [0.15, 0.2) is 170 Å². The van der Waals surface area contributed by atoms with Crippen molar-refractivity contribution >= 4 is 92.2 Å². The van der Waals surface area contributed by atoms with Crippen LogP contribution in [-0.2, 0) is 0 Å². The molecule has 6 heterocycles. The summed E-state index contributed by atoms with van der Waals surface area (Å²) in [6, 6.07) is 56.2. The molecule has 0 saturated heterocycles. The average Bonchev–Trinajstić information content (AvgIpc) is 1.64. The van der Waals surface area contributed by atoms with E-state index in [0.29, 0.717) is 154 Å². The van der Waals surface area contributed by atoms with Gasteiger partial charge < -0.3 is 57.9 Å². The lowest BCUT2D eigenvalue weighted by Gasteiger charge is -2.27. The summed E-state index contributed by atoms with van der Waals surface area (Å²) in [5.41, 5.74) is 13.6. The number of rotatable bonds is 65. The number of halogens is 2. The van der Waals surface area contributed by atoms with Crippen LogP contribution in [0.1, 0.15) is 356 Å². The minimum atomic E-state index is -1.25. The number of nitrogens with one attached hydrogen (secondary N) is 2. The Morgan fingerprint density at radius 2 is 0.639 bits per heavy atom. The van der Waals surface area contributed by atoms with E-state index in [9.17, 15) is 9.90 Å². The van der Waals surface area contributed by atoms with Crippen LogP contribution in [-0.4, -0.2) is 92.6 Å². The van der Waals surface area contributed by atoms with Crippen molar-refractivity contribution in [2.45, 2.75) is 312 Å². The molecular weight excluding hydrogens is 1850 g/mol. The largest absolute Gasteiger partial charge is 0.493 e. The number of H-pyrrole nitrogens is 2. The monoisotopic (exact) mass is 2010 g/mol. The van der Waals surface area contributed by atoms with Gasteiger partial charge in [0.1, 0.15) is 57.0 Å². The van der Waals surface area contributed by atoms with Crippen LogP contribution in [0.4, 0.5) is 25.8 Å². The Kier molecular flexibility index (Phi) is 44.4. The van der Waals surface area contributed by atoms with Gasteiger partial charge in [0.05, 0.1) is 132 Å². The van der Waals surface area contributed by atoms with E-state index in [-0.39, 0.29) is 33.3 Å². The Labute approximate surface area is 876 Å². The fourth-order valence-corrected chi connectivity index (χ4v) is 19.9. The third kappa shape index (κ3) is 30.5. The van der Waals surface area contributed by atoms with Gasteiger partial charge >= 0.3 is 5.97 Å². The fourth-order valence-electron chi connectivity index (χ4n) is 19.3. The van der Waals surface area contributed by atoms with Crippen LogP contribution < -0.4 is 42.8 Å². The highest BCUT2D eigenvalue weighted by Crippen LogP contribution is 2.50. The molecule has 17 nitrogen and oxygen atoms in total. The molecule has 8 bridgehead atoms. The number of carboxylic acid groups (broad SMARTS) is 1. The van der Waals surface area contributed by atoms with Crippen LogP contribution in [0, 0.1) is 23.5 Å². The van der Waals surface area contributed by atoms with Gasteiger partial charge in [-0.1, -0.05) is 321 Å². The van der Waals surface area contributed by atoms with Gasteiger partial charge in [0.2, 0.25) is 0 Å². The van der Waals surface area contributed by atoms with Crippen LogP contribution in [0.3, 0.4) is 0 Å². The minimum Gasteiger partial charge on any atom is -0.493 e. The van der Waals surface area contributed by atoms with E-state index in [0.717, 1.165) is 300 Å². The molecule has 0 amide bonds. The molecule has 8 aromatic carbocycles. The smallest absolute Gasteiger partial charge is 0.335 e. The summed E-state index contributed by atoms with van der Waals surface area (Å²) in [6.45, 7) is 22.0. The van der Waals surface area contributed by atoms with E-state index >= 15 is 8.78 Å². The molecule has 3 N–H and O–H groups in total. The molecule has 778 valence electrons. The number of hydrogen-bond acceptors (Lipinski definition) is 15. The van der Waals surface area contributed by atoms with Gasteiger partial charge in [-0.05, 0) is 202 Å². The number of fused-ring (bicyclic) bond motifs is 9. The van der Waals surface area contributed by atoms with Gasteiger partial charge in [0.25, 0.3) is 0 Å². The van der Waals surface area contributed by atoms with Crippen LogP contribution >= 0.6 is 11.7 Å². The highest BCUT2D eigenvalue weighted by molar-refractivity contribution is 7.00. The Balaban J connectivity index is 1.08. The molecule has 0 saturated carbocycles. The molecule has 0 atom stereocenters. The summed E-state index contributed by atoms with van der Waals surface area (Å²) in [4.78, 5) is 34.4. The number of aromatic nitrogens is 6. The standard InChI is InChI=1S/C127H155F2N7O10S/c1-9-17-25-33-37-45-83-141-111-51-49-52-112(142-84-46-38-34-26-18-10-2)120(111)118-105-75-73-103(130-105)101(71-72-102-122(128)123(129)117(125-124(102)134-147-135-125)93-55-57-94(58-56-93)127(137)138)104-74-76-106(131-104)119(121-113(143-85-47-39-35-27-19-11-3)53-50-54-114(121)144-86-48-40-36-28-20-12-4)108-78-80-110(133-108)126(109-79-77-107(118)132-109)136(95-63-59-91(60-64-95)99-69-67-97(139-81-41-29-21-13-5)89-115(99)145-87-43-31-23-15-7)96-65-61-92(62-66-96)100-70-68-98(140-82-42-30-22-14-6)90-116(100)146-88-44-32-24-16-8/h49-70,73-80,89-90,130,133H,9-48,81-88H2,1-8H3,(H,137,138). The maximum absolute atomic E-state index is 17.8. The van der Waals surface area contributed by atoms with E-state index in [1.807, 2.05) is 60.7 Å². The van der Waals surface area contributed by atoms with Crippen LogP contribution in [0.5, 0.6) is 46.0 Å². The lowest BCUT2D eigenvalue weighted by atomic mass is 9.99. The van der Waals surface area contributed by atoms with Gasteiger partial charge in [-0.15, -0.1) is 0 Å². The average molecular weight is 2010 g/mol. The molecule has 4 aromatic heterocycles. The first-order valence-electron chi connectivity index (χ1n) is 55.6. The van der Waals surface area contributed by atoms with Gasteiger partial charge in [-0.2, -0.15) is 8.75 Å². The molecule has 147 heavy (non-hydrogen) atoms. The molecule has 0 radical (unpaired) electrons. The number of nitrogens with zero attached hydrogens (tertiary/aromatic N) is 5. The molecular formula is C127H155F2N7O10S. The number of aromatic carboxylic acids is 1. The highest BCUT2D eigenvalue weighted by atomic mass is 32.1. The second kappa shape index (κ2) is 59.3. The van der Waals surface area contributed by atoms with Crippen molar-refractivity contribution in [1.29, 1.82) is 0 Å². The molecule has 0 unspecified atom stereocenters. The first-order valence-corrected chi connectivity index (χ1v) is 56.3. The van der Waals surface area contributed by atoms with Crippen molar-refractivity contribution in [2.24, 2.45) is 0 Å². The predicted molar refractivity (Wildman–Crippen MR) is 605 cm³/mol. The van der Waals surface area contributed by atoms with Crippen molar-refractivity contribution in [3.8, 4) is 113 Å². The lowest BCUT2D eigenvalue weighted by Crippen LogP contribution is -2.12. The minimum absolute atomic E-state index is 0.0143. The summed E-state index contributed by atoms with van der Waals surface area (Å²) in [7, 11) is 0. The number of aromatic amines is 2. The van der Waals surface area contributed by atoms with Crippen molar-refractivity contribution in [3.05, 3.63) is 221 Å². The number of ether oxygens (including phenoxy) is 8. The van der Waals surface area contributed by atoms with Crippen LogP contribution in [0.25, 0.3) is 113 Å². The number of carboxylic acids is 1. The van der Waals surface area contributed by atoms with Crippen molar-refractivity contribution < 1.29 is 56.6 Å².